The monoisotopic (exact) mass is 226 g/mol. The molecule has 1 rings (SSSR count). The van der Waals surface area contributed by atoms with Crippen molar-refractivity contribution >= 4 is 14.0 Å². The summed E-state index contributed by atoms with van der Waals surface area (Å²) in [6.45, 7) is 7.11. The molecule has 86 valence electrons. The Bertz CT molecular complexity index is 263. The van der Waals surface area contributed by atoms with Crippen molar-refractivity contribution in [1.82, 2.24) is 0 Å². The van der Waals surface area contributed by atoms with Gasteiger partial charge in [-0.05, 0) is 25.3 Å². The zero-order chi connectivity index (χ0) is 11.5. The highest BCUT2D eigenvalue weighted by atomic mass is 28.3. The quantitative estimate of drug-likeness (QED) is 0.419. The Kier molecular flexibility index (Phi) is 4.14. The van der Waals surface area contributed by atoms with Crippen molar-refractivity contribution in [2.75, 3.05) is 7.11 Å². The lowest BCUT2D eigenvalue weighted by molar-refractivity contribution is -0.145. The maximum absolute atomic E-state index is 11.4. The summed E-state index contributed by atoms with van der Waals surface area (Å²) in [6, 6.07) is 1.22. The van der Waals surface area contributed by atoms with E-state index >= 15 is 0 Å². The largest absolute Gasteiger partial charge is 0.469 e. The summed E-state index contributed by atoms with van der Waals surface area (Å²) < 4.78 is 4.81. The SMILES string of the molecule is COC(=O)C1CCC=C(C[Si](C)(C)C)C1. The van der Waals surface area contributed by atoms with Gasteiger partial charge in [0.25, 0.3) is 0 Å². The van der Waals surface area contributed by atoms with Crippen LogP contribution in [0.3, 0.4) is 0 Å². The first-order chi connectivity index (χ1) is 6.92. The lowest BCUT2D eigenvalue weighted by atomic mass is 9.89. The van der Waals surface area contributed by atoms with Crippen LogP contribution in [0.2, 0.25) is 25.7 Å². The number of esters is 1. The fourth-order valence-corrected chi connectivity index (χ4v) is 3.83. The van der Waals surface area contributed by atoms with Crippen molar-refractivity contribution in [2.45, 2.75) is 44.9 Å². The van der Waals surface area contributed by atoms with E-state index in [0.717, 1.165) is 19.3 Å². The van der Waals surface area contributed by atoms with Crippen LogP contribution in [0.15, 0.2) is 11.6 Å². The molecule has 0 aromatic heterocycles. The molecule has 1 aliphatic rings. The molecular weight excluding hydrogens is 204 g/mol. The van der Waals surface area contributed by atoms with E-state index in [-0.39, 0.29) is 11.9 Å². The number of hydrogen-bond donors (Lipinski definition) is 0. The molecule has 0 bridgehead atoms. The summed E-state index contributed by atoms with van der Waals surface area (Å²) in [5, 5.41) is 0. The molecule has 2 nitrogen and oxygen atoms in total. The van der Waals surface area contributed by atoms with Crippen molar-refractivity contribution in [1.29, 1.82) is 0 Å². The first kappa shape index (κ1) is 12.5. The van der Waals surface area contributed by atoms with E-state index in [9.17, 15) is 4.79 Å². The standard InChI is InChI=1S/C12H22O2Si/c1-14-12(13)11-7-5-6-10(8-11)9-15(2,3)4/h6,11H,5,7-9H2,1-4H3. The number of allylic oxidation sites excluding steroid dienone is 2. The molecule has 0 aromatic rings. The lowest BCUT2D eigenvalue weighted by Gasteiger charge is -2.25. The normalized spacial score (nSPS) is 22.1. The first-order valence-corrected chi connectivity index (χ1v) is 9.39. The summed E-state index contributed by atoms with van der Waals surface area (Å²) in [4.78, 5) is 11.4. The summed E-state index contributed by atoms with van der Waals surface area (Å²) in [7, 11) is 0.445. The van der Waals surface area contributed by atoms with Gasteiger partial charge in [-0.1, -0.05) is 31.3 Å². The van der Waals surface area contributed by atoms with Gasteiger partial charge in [-0.25, -0.2) is 0 Å². The van der Waals surface area contributed by atoms with Crippen LogP contribution in [-0.4, -0.2) is 21.2 Å². The van der Waals surface area contributed by atoms with Crippen LogP contribution in [0, 0.1) is 5.92 Å². The van der Waals surface area contributed by atoms with Crippen molar-refractivity contribution in [3.8, 4) is 0 Å². The molecule has 15 heavy (non-hydrogen) atoms. The molecular formula is C12H22O2Si. The molecule has 1 aliphatic carbocycles. The van der Waals surface area contributed by atoms with Crippen LogP contribution < -0.4 is 0 Å². The number of ether oxygens (including phenoxy) is 1. The Hall–Kier alpha value is -0.573. The second kappa shape index (κ2) is 4.97. The molecule has 3 heteroatoms. The number of methoxy groups -OCH3 is 1. The van der Waals surface area contributed by atoms with Gasteiger partial charge in [0, 0.05) is 8.07 Å². The molecule has 0 radical (unpaired) electrons. The Morgan fingerprint density at radius 2 is 2.20 bits per heavy atom. The van der Waals surface area contributed by atoms with Gasteiger partial charge >= 0.3 is 5.97 Å². The Morgan fingerprint density at radius 3 is 2.73 bits per heavy atom. The zero-order valence-electron chi connectivity index (χ0n) is 10.3. The van der Waals surface area contributed by atoms with Crippen LogP contribution in [0.1, 0.15) is 19.3 Å². The molecule has 0 saturated carbocycles. The first-order valence-electron chi connectivity index (χ1n) is 5.68. The molecule has 0 aromatic carbocycles. The Balaban J connectivity index is 2.55. The number of carbonyl (C=O) groups excluding carboxylic acids is 1. The van der Waals surface area contributed by atoms with E-state index in [1.165, 1.54) is 18.7 Å². The van der Waals surface area contributed by atoms with Crippen molar-refractivity contribution in [3.05, 3.63) is 11.6 Å². The number of carbonyl (C=O) groups is 1. The van der Waals surface area contributed by atoms with Crippen LogP contribution in [0.4, 0.5) is 0 Å². The minimum atomic E-state index is -1.04. The predicted octanol–water partition coefficient (Wildman–Crippen LogP) is 3.22. The zero-order valence-corrected chi connectivity index (χ0v) is 11.3. The summed E-state index contributed by atoms with van der Waals surface area (Å²) >= 11 is 0. The van der Waals surface area contributed by atoms with Gasteiger partial charge in [0.05, 0.1) is 13.0 Å². The highest BCUT2D eigenvalue weighted by Crippen LogP contribution is 2.30. The van der Waals surface area contributed by atoms with Gasteiger partial charge < -0.3 is 4.74 Å². The van der Waals surface area contributed by atoms with E-state index in [1.807, 2.05) is 0 Å². The molecule has 1 atom stereocenters. The molecule has 0 aliphatic heterocycles. The molecule has 0 saturated heterocycles. The molecule has 0 heterocycles. The average Bonchev–Trinajstić information content (AvgIpc) is 2.14. The Morgan fingerprint density at radius 1 is 1.53 bits per heavy atom. The van der Waals surface area contributed by atoms with Crippen LogP contribution in [0.5, 0.6) is 0 Å². The van der Waals surface area contributed by atoms with Crippen LogP contribution in [-0.2, 0) is 9.53 Å². The van der Waals surface area contributed by atoms with Crippen LogP contribution >= 0.6 is 0 Å². The minimum absolute atomic E-state index is 0.0313. The molecule has 0 fully saturated rings. The summed E-state index contributed by atoms with van der Waals surface area (Å²) in [5.41, 5.74) is 1.48. The third-order valence-corrected chi connectivity index (χ3v) is 4.26. The van der Waals surface area contributed by atoms with E-state index in [0.29, 0.717) is 0 Å². The third kappa shape index (κ3) is 4.20. The topological polar surface area (TPSA) is 26.3 Å². The smallest absolute Gasteiger partial charge is 0.308 e. The highest BCUT2D eigenvalue weighted by molar-refractivity contribution is 6.76. The van der Waals surface area contributed by atoms with Gasteiger partial charge in [-0.2, -0.15) is 0 Å². The summed E-state index contributed by atoms with van der Waals surface area (Å²) in [5.74, 6) is 0.0857. The third-order valence-electron chi connectivity index (χ3n) is 2.75. The fourth-order valence-electron chi connectivity index (χ4n) is 2.18. The predicted molar refractivity (Wildman–Crippen MR) is 65.6 cm³/mol. The van der Waals surface area contributed by atoms with Crippen molar-refractivity contribution in [2.24, 2.45) is 5.92 Å². The molecule has 0 amide bonds. The van der Waals surface area contributed by atoms with Gasteiger partial charge in [-0.15, -0.1) is 0 Å². The fraction of sp³-hybridized carbons (Fsp3) is 0.750. The van der Waals surface area contributed by atoms with Gasteiger partial charge in [-0.3, -0.25) is 4.79 Å². The van der Waals surface area contributed by atoms with Crippen molar-refractivity contribution < 1.29 is 9.53 Å². The van der Waals surface area contributed by atoms with E-state index in [2.05, 4.69) is 25.7 Å². The van der Waals surface area contributed by atoms with Crippen LogP contribution in [0.25, 0.3) is 0 Å². The van der Waals surface area contributed by atoms with Gasteiger partial charge in [0.1, 0.15) is 0 Å². The molecule has 0 spiro atoms. The van der Waals surface area contributed by atoms with E-state index in [4.69, 9.17) is 4.74 Å². The van der Waals surface area contributed by atoms with E-state index in [1.54, 1.807) is 0 Å². The number of hydrogen-bond acceptors (Lipinski definition) is 2. The van der Waals surface area contributed by atoms with E-state index < -0.39 is 8.07 Å². The van der Waals surface area contributed by atoms with Crippen molar-refractivity contribution in [3.63, 3.8) is 0 Å². The maximum atomic E-state index is 11.4. The molecule has 0 N–H and O–H groups in total. The lowest BCUT2D eigenvalue weighted by Crippen LogP contribution is -2.24. The number of rotatable bonds is 3. The summed E-state index contributed by atoms with van der Waals surface area (Å²) in [6.07, 6.45) is 5.26. The highest BCUT2D eigenvalue weighted by Gasteiger charge is 2.25. The van der Waals surface area contributed by atoms with Gasteiger partial charge in [0.15, 0.2) is 0 Å². The maximum Gasteiger partial charge on any atom is 0.308 e. The minimum Gasteiger partial charge on any atom is -0.469 e. The second-order valence-electron chi connectivity index (χ2n) is 5.60. The molecule has 1 unspecified atom stereocenters. The average molecular weight is 226 g/mol. The second-order valence-corrected chi connectivity index (χ2v) is 11.1. The van der Waals surface area contributed by atoms with Gasteiger partial charge in [0.2, 0.25) is 0 Å². The Labute approximate surface area is 93.7 Å².